The summed E-state index contributed by atoms with van der Waals surface area (Å²) in [7, 11) is 0. The lowest BCUT2D eigenvalue weighted by molar-refractivity contribution is 0.453. The summed E-state index contributed by atoms with van der Waals surface area (Å²) in [5.41, 5.74) is 27.1. The third kappa shape index (κ3) is 5.13. The highest BCUT2D eigenvalue weighted by molar-refractivity contribution is 7.00. The van der Waals surface area contributed by atoms with Crippen LogP contribution in [0.3, 0.4) is 0 Å². The second-order valence-corrected chi connectivity index (χ2v) is 20.1. The van der Waals surface area contributed by atoms with Gasteiger partial charge < -0.3 is 0 Å². The molecule has 6 aromatic carbocycles. The van der Waals surface area contributed by atoms with Crippen molar-refractivity contribution >= 4 is 45.2 Å². The Morgan fingerprint density at radius 3 is 1.13 bits per heavy atom. The molecule has 0 N–H and O–H groups in total. The molecule has 4 nitrogen and oxygen atoms in total. The molecular weight excluding hydrogens is 739 g/mol. The first kappa shape index (κ1) is 37.1. The second-order valence-electron chi connectivity index (χ2n) is 20.1. The zero-order valence-corrected chi connectivity index (χ0v) is 37.2. The van der Waals surface area contributed by atoms with Gasteiger partial charge in [-0.1, -0.05) is 106 Å². The topological polar surface area (TPSA) is 35.6 Å². The maximum absolute atomic E-state index is 5.85. The van der Waals surface area contributed by atoms with Crippen LogP contribution in [-0.4, -0.2) is 25.8 Å². The third-order valence-electron chi connectivity index (χ3n) is 15.9. The predicted octanol–water partition coefficient (Wildman–Crippen LogP) is 12.0. The molecule has 2 aliphatic carbocycles. The Bertz CT molecular complexity index is 2950. The van der Waals surface area contributed by atoms with Gasteiger partial charge in [0, 0.05) is 22.2 Å². The molecule has 2 aliphatic heterocycles. The standard InChI is InChI=1S/C56H55BN4/c1-32-16-13-17-33(2)47(32)38-26-41-51-43(28-38)58-53(55(7)22-9-10-23-55)60(51)45-30-40(49-36(5)20-15-21-37(49)6)31-46-50(45)57(41)42-27-39(48-34(3)18-14-19-35(48)4)29-44-52(42)61(46)54(59-44)56(8)24-11-12-25-56/h13-21,26-31H,9-12,22-25H2,1-8H3. The van der Waals surface area contributed by atoms with Gasteiger partial charge in [-0.25, -0.2) is 9.97 Å². The van der Waals surface area contributed by atoms with Crippen molar-refractivity contribution in [1.82, 2.24) is 19.1 Å². The summed E-state index contributed by atoms with van der Waals surface area (Å²) < 4.78 is 5.34. The fourth-order valence-electron chi connectivity index (χ4n) is 13.0. The average molecular weight is 795 g/mol. The Balaban J connectivity index is 1.29. The molecule has 2 fully saturated rings. The Hall–Kier alpha value is -5.68. The van der Waals surface area contributed by atoms with Crippen LogP contribution in [0.1, 0.15) is 110 Å². The molecule has 61 heavy (non-hydrogen) atoms. The van der Waals surface area contributed by atoms with Gasteiger partial charge in [-0.15, -0.1) is 0 Å². The molecule has 0 atom stereocenters. The zero-order valence-electron chi connectivity index (χ0n) is 37.2. The van der Waals surface area contributed by atoms with Gasteiger partial charge in [0.1, 0.15) is 11.6 Å². The minimum atomic E-state index is -0.0177. The number of benzene rings is 6. The number of rotatable bonds is 5. The van der Waals surface area contributed by atoms with E-state index in [0.717, 1.165) is 36.7 Å². The highest BCUT2D eigenvalue weighted by atomic mass is 15.1. The molecule has 4 aliphatic rings. The van der Waals surface area contributed by atoms with Gasteiger partial charge >= 0.3 is 0 Å². The van der Waals surface area contributed by atoms with E-state index in [1.54, 1.807) is 0 Å². The van der Waals surface area contributed by atoms with Crippen LogP contribution < -0.4 is 16.4 Å². The van der Waals surface area contributed by atoms with Gasteiger partial charge in [0.15, 0.2) is 0 Å². The molecule has 0 unspecified atom stereocenters. The van der Waals surface area contributed by atoms with Gasteiger partial charge in [-0.3, -0.25) is 9.13 Å². The molecule has 0 radical (unpaired) electrons. The minimum absolute atomic E-state index is 0.00238. The largest absolute Gasteiger partial charge is 0.297 e. The number of imidazole rings is 2. The number of nitrogens with zero attached hydrogens (tertiary/aromatic N) is 4. The molecule has 5 heteroatoms. The lowest BCUT2D eigenvalue weighted by Gasteiger charge is -2.37. The van der Waals surface area contributed by atoms with E-state index in [1.807, 2.05) is 0 Å². The van der Waals surface area contributed by atoms with Crippen molar-refractivity contribution in [3.8, 4) is 44.8 Å². The number of aromatic nitrogens is 4. The normalized spacial score (nSPS) is 16.9. The predicted molar refractivity (Wildman–Crippen MR) is 257 cm³/mol. The van der Waals surface area contributed by atoms with Gasteiger partial charge in [0.2, 0.25) is 0 Å². The van der Waals surface area contributed by atoms with E-state index in [0.29, 0.717) is 0 Å². The van der Waals surface area contributed by atoms with Gasteiger partial charge in [-0.2, -0.15) is 0 Å². The number of hydrogen-bond acceptors (Lipinski definition) is 2. The lowest BCUT2D eigenvalue weighted by atomic mass is 9.34. The molecule has 2 saturated carbocycles. The van der Waals surface area contributed by atoms with Crippen LogP contribution in [0.4, 0.5) is 0 Å². The molecule has 2 aromatic heterocycles. The average Bonchev–Trinajstić information content (AvgIpc) is 4.04. The minimum Gasteiger partial charge on any atom is -0.297 e. The van der Waals surface area contributed by atoms with E-state index < -0.39 is 0 Å². The van der Waals surface area contributed by atoms with Crippen molar-refractivity contribution in [2.75, 3.05) is 0 Å². The summed E-state index contributed by atoms with van der Waals surface area (Å²) in [6.07, 6.45) is 9.60. The smallest absolute Gasteiger partial charge is 0.252 e. The zero-order chi connectivity index (χ0) is 41.7. The lowest BCUT2D eigenvalue weighted by Crippen LogP contribution is -2.60. The fraction of sp³-hybridized carbons (Fsp3) is 0.321. The molecule has 302 valence electrons. The van der Waals surface area contributed by atoms with E-state index in [1.165, 1.54) is 143 Å². The highest BCUT2D eigenvalue weighted by Crippen LogP contribution is 2.47. The van der Waals surface area contributed by atoms with Crippen molar-refractivity contribution in [1.29, 1.82) is 0 Å². The summed E-state index contributed by atoms with van der Waals surface area (Å²) in [5, 5.41) is 0. The summed E-state index contributed by atoms with van der Waals surface area (Å²) in [5.74, 6) is 2.46. The number of aryl methyl sites for hydroxylation is 6. The van der Waals surface area contributed by atoms with E-state index in [2.05, 4.69) is 156 Å². The van der Waals surface area contributed by atoms with Crippen LogP contribution in [-0.2, 0) is 10.8 Å². The molecule has 0 amide bonds. The van der Waals surface area contributed by atoms with Crippen LogP contribution in [0.2, 0.25) is 0 Å². The van der Waals surface area contributed by atoms with Crippen molar-refractivity contribution < 1.29 is 0 Å². The Labute approximate surface area is 361 Å². The van der Waals surface area contributed by atoms with Crippen molar-refractivity contribution in [3.63, 3.8) is 0 Å². The number of hydrogen-bond donors (Lipinski definition) is 0. The van der Waals surface area contributed by atoms with Gasteiger partial charge in [0.05, 0.1) is 22.1 Å². The first-order valence-corrected chi connectivity index (χ1v) is 23.0. The Kier molecular flexibility index (Phi) is 7.86. The summed E-state index contributed by atoms with van der Waals surface area (Å²) in [6.45, 7) is 18.6. The van der Waals surface area contributed by atoms with Gasteiger partial charge in [0.25, 0.3) is 6.71 Å². The molecule has 8 aromatic rings. The molecule has 0 saturated heterocycles. The van der Waals surface area contributed by atoms with Crippen LogP contribution >= 0.6 is 0 Å². The summed E-state index contributed by atoms with van der Waals surface area (Å²) in [4.78, 5) is 11.7. The second kappa shape index (κ2) is 12.9. The van der Waals surface area contributed by atoms with Crippen molar-refractivity contribution in [3.05, 3.63) is 136 Å². The van der Waals surface area contributed by atoms with Crippen LogP contribution in [0.5, 0.6) is 0 Å². The third-order valence-corrected chi connectivity index (χ3v) is 15.9. The molecule has 0 bridgehead atoms. The monoisotopic (exact) mass is 794 g/mol. The van der Waals surface area contributed by atoms with Gasteiger partial charge in [-0.05, 0) is 175 Å². The van der Waals surface area contributed by atoms with Crippen molar-refractivity contribution in [2.45, 2.75) is 118 Å². The van der Waals surface area contributed by atoms with E-state index >= 15 is 0 Å². The first-order valence-electron chi connectivity index (χ1n) is 23.0. The van der Waals surface area contributed by atoms with E-state index in [9.17, 15) is 0 Å². The summed E-state index contributed by atoms with van der Waals surface area (Å²) in [6, 6.07) is 35.3. The van der Waals surface area contributed by atoms with Crippen LogP contribution in [0.25, 0.3) is 66.8 Å². The summed E-state index contributed by atoms with van der Waals surface area (Å²) >= 11 is 0. The van der Waals surface area contributed by atoms with E-state index in [4.69, 9.17) is 9.97 Å². The van der Waals surface area contributed by atoms with Crippen molar-refractivity contribution in [2.24, 2.45) is 0 Å². The Morgan fingerprint density at radius 1 is 0.459 bits per heavy atom. The fourth-order valence-corrected chi connectivity index (χ4v) is 13.0. The van der Waals surface area contributed by atoms with E-state index in [-0.39, 0.29) is 17.5 Å². The highest BCUT2D eigenvalue weighted by Gasteiger charge is 2.47. The maximum Gasteiger partial charge on any atom is 0.252 e. The van der Waals surface area contributed by atoms with Crippen LogP contribution in [0.15, 0.2) is 91.0 Å². The Morgan fingerprint density at radius 2 is 0.787 bits per heavy atom. The molecule has 4 heterocycles. The SMILES string of the molecule is Cc1cccc(C)c1-c1cc2c3c(c1)-n1c(C4(C)CCCC4)nc4cc(-c5c(C)cccc5C)cc(c41)B3c1cc(-c3c(C)cccc3C)cc3nc(C4(C)CCCC4)n-2c13. The molecule has 0 spiro atoms. The quantitative estimate of drug-likeness (QED) is 0.163. The van der Waals surface area contributed by atoms with Crippen LogP contribution in [0, 0.1) is 41.5 Å². The molecule has 12 rings (SSSR count). The first-order chi connectivity index (χ1) is 29.4. The molecular formula is C56H55BN4. The maximum atomic E-state index is 5.85. The number of fused-ring (bicyclic) bond motifs is 4.